The van der Waals surface area contributed by atoms with Crippen LogP contribution in [0, 0.1) is 0 Å². The number of ketones is 2. The van der Waals surface area contributed by atoms with Crippen LogP contribution < -0.4 is 5.32 Å². The number of hydrogen-bond donors (Lipinski definition) is 1. The van der Waals surface area contributed by atoms with E-state index in [1.807, 2.05) is 0 Å². The Balaban J connectivity index is 2.77. The van der Waals surface area contributed by atoms with Crippen LogP contribution in [-0.4, -0.2) is 23.5 Å². The van der Waals surface area contributed by atoms with Crippen molar-refractivity contribution < 1.29 is 14.4 Å². The Bertz CT molecular complexity index is 448. The molecule has 0 aliphatic heterocycles. The summed E-state index contributed by atoms with van der Waals surface area (Å²) >= 11 is 0. The van der Waals surface area contributed by atoms with Gasteiger partial charge in [0.2, 0.25) is 0 Å². The molecule has 1 atom stereocenters. The predicted octanol–water partition coefficient (Wildman–Crippen LogP) is 1.60. The summed E-state index contributed by atoms with van der Waals surface area (Å²) in [6.45, 7) is 4.51. The maximum atomic E-state index is 11.7. The van der Waals surface area contributed by atoms with Crippen molar-refractivity contribution in [2.45, 2.75) is 26.8 Å². The second-order valence-corrected chi connectivity index (χ2v) is 3.94. The summed E-state index contributed by atoms with van der Waals surface area (Å²) in [5.74, 6) is -0.462. The third-order valence-electron chi connectivity index (χ3n) is 2.51. The predicted molar refractivity (Wildman–Crippen MR) is 64.1 cm³/mol. The number of carbonyl (C=O) groups is 3. The van der Waals surface area contributed by atoms with Crippen LogP contribution in [0.25, 0.3) is 0 Å². The molecule has 0 heterocycles. The normalized spacial score (nSPS) is 11.7. The van der Waals surface area contributed by atoms with Gasteiger partial charge in [0, 0.05) is 11.1 Å². The fourth-order valence-electron chi connectivity index (χ4n) is 1.24. The Labute approximate surface area is 100 Å². The monoisotopic (exact) mass is 233 g/mol. The lowest BCUT2D eigenvalue weighted by molar-refractivity contribution is -0.118. The third-order valence-corrected chi connectivity index (χ3v) is 2.51. The molecule has 1 unspecified atom stereocenters. The van der Waals surface area contributed by atoms with Crippen molar-refractivity contribution in [2.75, 3.05) is 0 Å². The third kappa shape index (κ3) is 3.52. The molecule has 0 fully saturated rings. The smallest absolute Gasteiger partial charge is 0.251 e. The van der Waals surface area contributed by atoms with Crippen LogP contribution >= 0.6 is 0 Å². The molecule has 1 rings (SSSR count). The van der Waals surface area contributed by atoms with Gasteiger partial charge in [0.05, 0.1) is 6.04 Å². The molecule has 0 bridgehead atoms. The van der Waals surface area contributed by atoms with Crippen molar-refractivity contribution in [1.29, 1.82) is 0 Å². The van der Waals surface area contributed by atoms with Crippen LogP contribution in [0.3, 0.4) is 0 Å². The van der Waals surface area contributed by atoms with E-state index in [9.17, 15) is 14.4 Å². The van der Waals surface area contributed by atoms with Crippen LogP contribution in [0.15, 0.2) is 24.3 Å². The lowest BCUT2D eigenvalue weighted by atomic mass is 10.1. The topological polar surface area (TPSA) is 63.2 Å². The van der Waals surface area contributed by atoms with E-state index in [0.717, 1.165) is 0 Å². The van der Waals surface area contributed by atoms with Gasteiger partial charge in [-0.25, -0.2) is 0 Å². The first-order chi connectivity index (χ1) is 7.91. The summed E-state index contributed by atoms with van der Waals surface area (Å²) in [7, 11) is 0. The summed E-state index contributed by atoms with van der Waals surface area (Å²) in [5, 5.41) is 2.57. The maximum absolute atomic E-state index is 11.7. The summed E-state index contributed by atoms with van der Waals surface area (Å²) in [6, 6.07) is 5.82. The number of Topliss-reactive ketones (excluding diaryl/α,β-unsaturated/α-hetero) is 2. The fourth-order valence-corrected chi connectivity index (χ4v) is 1.24. The molecule has 1 amide bonds. The standard InChI is InChI=1S/C13H15NO3/c1-8(9(2)15)14-13(17)12-6-4-11(5-7-12)10(3)16/h4-8H,1-3H3,(H,14,17). The molecule has 4 heteroatoms. The zero-order chi connectivity index (χ0) is 13.0. The van der Waals surface area contributed by atoms with Crippen LogP contribution in [0.5, 0.6) is 0 Å². The van der Waals surface area contributed by atoms with Gasteiger partial charge in [-0.15, -0.1) is 0 Å². The Morgan fingerprint density at radius 3 is 1.88 bits per heavy atom. The first-order valence-electron chi connectivity index (χ1n) is 5.34. The number of rotatable bonds is 4. The highest BCUT2D eigenvalue weighted by Crippen LogP contribution is 2.05. The lowest BCUT2D eigenvalue weighted by Crippen LogP contribution is -2.37. The minimum absolute atomic E-state index is 0.0472. The van der Waals surface area contributed by atoms with Crippen LogP contribution in [0.2, 0.25) is 0 Å². The molecule has 0 radical (unpaired) electrons. The Hall–Kier alpha value is -1.97. The number of hydrogen-bond acceptors (Lipinski definition) is 3. The zero-order valence-electron chi connectivity index (χ0n) is 10.1. The van der Waals surface area contributed by atoms with E-state index in [-0.39, 0.29) is 17.5 Å². The SMILES string of the molecule is CC(=O)c1ccc(C(=O)NC(C)C(C)=O)cc1. The lowest BCUT2D eigenvalue weighted by Gasteiger charge is -2.10. The minimum atomic E-state index is -0.505. The van der Waals surface area contributed by atoms with Crippen molar-refractivity contribution >= 4 is 17.5 Å². The summed E-state index contributed by atoms with van der Waals surface area (Å²) in [4.78, 5) is 33.7. The van der Waals surface area contributed by atoms with E-state index >= 15 is 0 Å². The van der Waals surface area contributed by atoms with Crippen molar-refractivity contribution in [2.24, 2.45) is 0 Å². The largest absolute Gasteiger partial charge is 0.343 e. The highest BCUT2D eigenvalue weighted by atomic mass is 16.2. The molecule has 4 nitrogen and oxygen atoms in total. The molecule has 90 valence electrons. The molecule has 0 aromatic heterocycles. The maximum Gasteiger partial charge on any atom is 0.251 e. The second-order valence-electron chi connectivity index (χ2n) is 3.94. The van der Waals surface area contributed by atoms with E-state index in [2.05, 4.69) is 5.32 Å². The Kier molecular flexibility index (Phi) is 4.15. The van der Waals surface area contributed by atoms with Gasteiger partial charge in [0.15, 0.2) is 11.6 Å². The van der Waals surface area contributed by atoms with Gasteiger partial charge in [0.25, 0.3) is 5.91 Å². The van der Waals surface area contributed by atoms with Crippen molar-refractivity contribution in [3.05, 3.63) is 35.4 Å². The number of benzene rings is 1. The summed E-state index contributed by atoms with van der Waals surface area (Å²) in [6.07, 6.45) is 0. The molecule has 1 aromatic rings. The number of carbonyl (C=O) groups excluding carboxylic acids is 3. The van der Waals surface area contributed by atoms with Gasteiger partial charge in [-0.05, 0) is 32.9 Å². The summed E-state index contributed by atoms with van der Waals surface area (Å²) in [5.41, 5.74) is 0.990. The van der Waals surface area contributed by atoms with Crippen LogP contribution in [-0.2, 0) is 4.79 Å². The van der Waals surface area contributed by atoms with E-state index in [1.165, 1.54) is 13.8 Å². The minimum Gasteiger partial charge on any atom is -0.343 e. The van der Waals surface area contributed by atoms with Gasteiger partial charge in [-0.2, -0.15) is 0 Å². The highest BCUT2D eigenvalue weighted by Gasteiger charge is 2.12. The molecule has 0 aliphatic carbocycles. The zero-order valence-corrected chi connectivity index (χ0v) is 10.1. The van der Waals surface area contributed by atoms with Gasteiger partial charge >= 0.3 is 0 Å². The van der Waals surface area contributed by atoms with Gasteiger partial charge < -0.3 is 5.32 Å². The van der Waals surface area contributed by atoms with Crippen LogP contribution in [0.4, 0.5) is 0 Å². The molecule has 0 aliphatic rings. The van der Waals surface area contributed by atoms with Crippen molar-refractivity contribution in [3.8, 4) is 0 Å². The van der Waals surface area contributed by atoms with Gasteiger partial charge in [-0.3, -0.25) is 14.4 Å². The van der Waals surface area contributed by atoms with Gasteiger partial charge in [-0.1, -0.05) is 12.1 Å². The average Bonchev–Trinajstić information content (AvgIpc) is 2.28. The first kappa shape index (κ1) is 13.1. The average molecular weight is 233 g/mol. The Morgan fingerprint density at radius 2 is 1.47 bits per heavy atom. The molecular weight excluding hydrogens is 218 g/mol. The molecule has 1 N–H and O–H groups in total. The number of amides is 1. The fraction of sp³-hybridized carbons (Fsp3) is 0.308. The van der Waals surface area contributed by atoms with Gasteiger partial charge in [0.1, 0.15) is 0 Å². The van der Waals surface area contributed by atoms with Crippen molar-refractivity contribution in [3.63, 3.8) is 0 Å². The first-order valence-corrected chi connectivity index (χ1v) is 5.34. The summed E-state index contributed by atoms with van der Waals surface area (Å²) < 4.78 is 0. The molecule has 17 heavy (non-hydrogen) atoms. The van der Waals surface area contributed by atoms with E-state index in [0.29, 0.717) is 11.1 Å². The van der Waals surface area contributed by atoms with Crippen molar-refractivity contribution in [1.82, 2.24) is 5.32 Å². The quantitative estimate of drug-likeness (QED) is 0.803. The molecule has 0 saturated carbocycles. The molecule has 1 aromatic carbocycles. The molecular formula is C13H15NO3. The van der Waals surface area contributed by atoms with Crippen LogP contribution in [0.1, 0.15) is 41.5 Å². The van der Waals surface area contributed by atoms with E-state index < -0.39 is 6.04 Å². The molecule has 0 spiro atoms. The number of nitrogens with one attached hydrogen (secondary N) is 1. The second kappa shape index (κ2) is 5.39. The molecule has 0 saturated heterocycles. The Morgan fingerprint density at radius 1 is 1.00 bits per heavy atom. The van der Waals surface area contributed by atoms with E-state index in [1.54, 1.807) is 31.2 Å². The highest BCUT2D eigenvalue weighted by molar-refractivity contribution is 5.99. The van der Waals surface area contributed by atoms with E-state index in [4.69, 9.17) is 0 Å².